The Morgan fingerprint density at radius 2 is 2.12 bits per heavy atom. The van der Waals surface area contributed by atoms with Crippen LogP contribution in [0.2, 0.25) is 0 Å². The SMILES string of the molecule is CCN(CC)CCc1nc(=S)cc(COC)[nH]1. The summed E-state index contributed by atoms with van der Waals surface area (Å²) in [6, 6.07) is 1.85. The summed E-state index contributed by atoms with van der Waals surface area (Å²) < 4.78 is 5.72. The van der Waals surface area contributed by atoms with Gasteiger partial charge in [-0.25, -0.2) is 4.98 Å². The molecule has 0 aromatic carbocycles. The summed E-state index contributed by atoms with van der Waals surface area (Å²) in [7, 11) is 1.67. The molecular weight excluding hydrogens is 234 g/mol. The van der Waals surface area contributed by atoms with Crippen LogP contribution in [0.5, 0.6) is 0 Å². The van der Waals surface area contributed by atoms with E-state index in [2.05, 4.69) is 28.7 Å². The predicted octanol–water partition coefficient (Wildman–Crippen LogP) is 2.17. The molecule has 0 spiro atoms. The highest BCUT2D eigenvalue weighted by molar-refractivity contribution is 7.71. The number of aromatic amines is 1. The van der Waals surface area contributed by atoms with E-state index < -0.39 is 0 Å². The molecule has 1 aromatic heterocycles. The van der Waals surface area contributed by atoms with E-state index in [9.17, 15) is 0 Å². The van der Waals surface area contributed by atoms with E-state index in [1.807, 2.05) is 6.07 Å². The molecule has 0 amide bonds. The summed E-state index contributed by atoms with van der Waals surface area (Å²) in [5.41, 5.74) is 0.988. The maximum absolute atomic E-state index is 5.14. The number of H-pyrrole nitrogens is 1. The van der Waals surface area contributed by atoms with Gasteiger partial charge in [0.2, 0.25) is 0 Å². The molecule has 0 bridgehead atoms. The molecule has 1 heterocycles. The van der Waals surface area contributed by atoms with Crippen LogP contribution in [-0.4, -0.2) is 41.6 Å². The molecule has 0 saturated heterocycles. The molecule has 0 fully saturated rings. The molecule has 0 radical (unpaired) electrons. The molecule has 0 saturated carbocycles. The van der Waals surface area contributed by atoms with E-state index in [1.54, 1.807) is 7.11 Å². The fourth-order valence-electron chi connectivity index (χ4n) is 1.72. The van der Waals surface area contributed by atoms with Gasteiger partial charge in [-0.15, -0.1) is 0 Å². The lowest BCUT2D eigenvalue weighted by molar-refractivity contribution is 0.181. The molecule has 0 aliphatic carbocycles. The largest absolute Gasteiger partial charge is 0.378 e. The predicted molar refractivity (Wildman–Crippen MR) is 71.6 cm³/mol. The van der Waals surface area contributed by atoms with Gasteiger partial charge < -0.3 is 14.6 Å². The Kier molecular flexibility index (Phi) is 6.32. The van der Waals surface area contributed by atoms with E-state index >= 15 is 0 Å². The van der Waals surface area contributed by atoms with Crippen molar-refractivity contribution in [3.05, 3.63) is 22.2 Å². The number of nitrogens with one attached hydrogen (secondary N) is 1. The molecule has 5 heteroatoms. The molecule has 17 heavy (non-hydrogen) atoms. The van der Waals surface area contributed by atoms with Crippen LogP contribution in [0.4, 0.5) is 0 Å². The van der Waals surface area contributed by atoms with Gasteiger partial charge in [-0.3, -0.25) is 0 Å². The number of aromatic nitrogens is 2. The summed E-state index contributed by atoms with van der Waals surface area (Å²) in [6.45, 7) is 8.01. The van der Waals surface area contributed by atoms with Gasteiger partial charge in [0.05, 0.1) is 6.61 Å². The highest BCUT2D eigenvalue weighted by Crippen LogP contribution is 2.01. The third-order valence-corrected chi connectivity index (χ3v) is 2.92. The van der Waals surface area contributed by atoms with Crippen molar-refractivity contribution < 1.29 is 4.74 Å². The Morgan fingerprint density at radius 3 is 2.71 bits per heavy atom. The number of ether oxygens (including phenoxy) is 1. The third-order valence-electron chi connectivity index (χ3n) is 2.71. The van der Waals surface area contributed by atoms with Gasteiger partial charge in [-0.2, -0.15) is 0 Å². The van der Waals surface area contributed by atoms with Crippen LogP contribution in [-0.2, 0) is 17.8 Å². The summed E-state index contributed by atoms with van der Waals surface area (Å²) in [6.07, 6.45) is 0.892. The first-order chi connectivity index (χ1) is 8.19. The zero-order valence-electron chi connectivity index (χ0n) is 10.8. The number of likely N-dealkylation sites (N-methyl/N-ethyl adjacent to an activating group) is 1. The van der Waals surface area contributed by atoms with Crippen molar-refractivity contribution in [1.82, 2.24) is 14.9 Å². The normalized spacial score (nSPS) is 11.1. The lowest BCUT2D eigenvalue weighted by atomic mass is 10.3. The van der Waals surface area contributed by atoms with Crippen molar-refractivity contribution in [2.45, 2.75) is 26.9 Å². The van der Waals surface area contributed by atoms with Crippen molar-refractivity contribution in [1.29, 1.82) is 0 Å². The minimum absolute atomic E-state index is 0.546. The molecule has 1 aromatic rings. The van der Waals surface area contributed by atoms with Gasteiger partial charge in [-0.05, 0) is 19.2 Å². The Hall–Kier alpha value is -0.780. The molecule has 4 nitrogen and oxygen atoms in total. The van der Waals surface area contributed by atoms with E-state index in [4.69, 9.17) is 17.0 Å². The number of methoxy groups -OCH3 is 1. The van der Waals surface area contributed by atoms with Gasteiger partial charge in [0.1, 0.15) is 10.5 Å². The number of rotatable bonds is 7. The summed E-state index contributed by atoms with van der Waals surface area (Å²) in [5.74, 6) is 0.941. The zero-order chi connectivity index (χ0) is 12.7. The highest BCUT2D eigenvalue weighted by Gasteiger charge is 2.03. The third kappa shape index (κ3) is 4.93. The van der Waals surface area contributed by atoms with E-state index in [-0.39, 0.29) is 0 Å². The molecule has 96 valence electrons. The fourth-order valence-corrected chi connectivity index (χ4v) is 1.97. The molecule has 0 aliphatic heterocycles. The molecule has 1 rings (SSSR count). The van der Waals surface area contributed by atoms with Crippen molar-refractivity contribution >= 4 is 12.2 Å². The lowest BCUT2D eigenvalue weighted by Crippen LogP contribution is -2.26. The van der Waals surface area contributed by atoms with Crippen molar-refractivity contribution in [3.63, 3.8) is 0 Å². The summed E-state index contributed by atoms with van der Waals surface area (Å²) in [5, 5.41) is 0. The van der Waals surface area contributed by atoms with Crippen molar-refractivity contribution in [2.75, 3.05) is 26.7 Å². The molecule has 1 N–H and O–H groups in total. The standard InChI is InChI=1S/C12H21N3OS/c1-4-15(5-2)7-6-11-13-10(9-16-3)8-12(17)14-11/h8H,4-7,9H2,1-3H3,(H,13,14,17). The molecular formula is C12H21N3OS. The van der Waals surface area contributed by atoms with E-state index in [0.29, 0.717) is 11.2 Å². The topological polar surface area (TPSA) is 41.2 Å². The van der Waals surface area contributed by atoms with Gasteiger partial charge in [0, 0.05) is 25.8 Å². The first-order valence-corrected chi connectivity index (χ1v) is 6.40. The highest BCUT2D eigenvalue weighted by atomic mass is 32.1. The van der Waals surface area contributed by atoms with Crippen LogP contribution in [0.3, 0.4) is 0 Å². The van der Waals surface area contributed by atoms with Crippen LogP contribution in [0.15, 0.2) is 6.07 Å². The van der Waals surface area contributed by atoms with E-state index in [1.165, 1.54) is 0 Å². The number of hydrogen-bond acceptors (Lipinski definition) is 4. The van der Waals surface area contributed by atoms with Crippen LogP contribution in [0.25, 0.3) is 0 Å². The Labute approximate surface area is 108 Å². The first-order valence-electron chi connectivity index (χ1n) is 6.00. The minimum atomic E-state index is 0.546. The van der Waals surface area contributed by atoms with Crippen LogP contribution in [0.1, 0.15) is 25.4 Å². The lowest BCUT2D eigenvalue weighted by Gasteiger charge is -2.17. The quantitative estimate of drug-likeness (QED) is 0.758. The molecule has 0 unspecified atom stereocenters. The van der Waals surface area contributed by atoms with Gasteiger partial charge in [-0.1, -0.05) is 26.1 Å². The summed E-state index contributed by atoms with van der Waals surface area (Å²) in [4.78, 5) is 9.96. The van der Waals surface area contributed by atoms with Crippen LogP contribution in [0, 0.1) is 4.64 Å². The minimum Gasteiger partial charge on any atom is -0.378 e. The zero-order valence-corrected chi connectivity index (χ0v) is 11.6. The van der Waals surface area contributed by atoms with Crippen molar-refractivity contribution in [3.8, 4) is 0 Å². The second kappa shape index (κ2) is 7.53. The number of nitrogens with zero attached hydrogens (tertiary/aromatic N) is 2. The average Bonchev–Trinajstić information content (AvgIpc) is 2.30. The molecule has 0 atom stereocenters. The van der Waals surface area contributed by atoms with Crippen LogP contribution >= 0.6 is 12.2 Å². The Balaban J connectivity index is 2.67. The summed E-state index contributed by atoms with van der Waals surface area (Å²) >= 11 is 5.14. The van der Waals surface area contributed by atoms with Gasteiger partial charge >= 0.3 is 0 Å². The Bertz CT molecular complexity index is 388. The second-order valence-electron chi connectivity index (χ2n) is 3.90. The Morgan fingerprint density at radius 1 is 1.41 bits per heavy atom. The fraction of sp³-hybridized carbons (Fsp3) is 0.667. The second-order valence-corrected chi connectivity index (χ2v) is 4.32. The average molecular weight is 255 g/mol. The number of hydrogen-bond donors (Lipinski definition) is 1. The van der Waals surface area contributed by atoms with Crippen LogP contribution < -0.4 is 0 Å². The maximum atomic E-state index is 5.14. The first kappa shape index (κ1) is 14.3. The monoisotopic (exact) mass is 255 g/mol. The van der Waals surface area contributed by atoms with Gasteiger partial charge in [0.15, 0.2) is 0 Å². The maximum Gasteiger partial charge on any atom is 0.130 e. The smallest absolute Gasteiger partial charge is 0.130 e. The van der Waals surface area contributed by atoms with E-state index in [0.717, 1.165) is 37.6 Å². The van der Waals surface area contributed by atoms with Crippen molar-refractivity contribution in [2.24, 2.45) is 0 Å². The van der Waals surface area contributed by atoms with Gasteiger partial charge in [0.25, 0.3) is 0 Å². The molecule has 0 aliphatic rings.